The molecule has 3 aromatic heterocycles. The third-order valence-corrected chi connectivity index (χ3v) is 13.2. The number of aryl methyl sites for hydroxylation is 1. The predicted octanol–water partition coefficient (Wildman–Crippen LogP) is 6.86. The first kappa shape index (κ1) is 32.5. The summed E-state index contributed by atoms with van der Waals surface area (Å²) in [6, 6.07) is 16.4. The Kier molecular flexibility index (Phi) is 8.14. The number of allylic oxidation sites excluding steroid dienone is 4. The lowest BCUT2D eigenvalue weighted by molar-refractivity contribution is 0.410. The van der Waals surface area contributed by atoms with Crippen LogP contribution in [0.5, 0.6) is 5.75 Å². The maximum atomic E-state index is 14.2. The Labute approximate surface area is 292 Å². The van der Waals surface area contributed by atoms with Crippen molar-refractivity contribution in [1.29, 1.82) is 0 Å². The van der Waals surface area contributed by atoms with Gasteiger partial charge in [0.1, 0.15) is 17.4 Å². The minimum Gasteiger partial charge on any atom is -0.496 e. The second-order valence-corrected chi connectivity index (χ2v) is 16.5. The van der Waals surface area contributed by atoms with Crippen LogP contribution in [0.3, 0.4) is 0 Å². The van der Waals surface area contributed by atoms with E-state index in [1.165, 1.54) is 34.6 Å². The van der Waals surface area contributed by atoms with Crippen molar-refractivity contribution in [3.8, 4) is 5.75 Å². The molecule has 8 rings (SSSR count). The van der Waals surface area contributed by atoms with Gasteiger partial charge in [0.15, 0.2) is 9.84 Å². The number of thiophene rings is 1. The van der Waals surface area contributed by atoms with Crippen molar-refractivity contribution in [2.75, 3.05) is 18.2 Å². The number of hydrogen-bond donors (Lipinski definition) is 3. The number of fused-ring (bicyclic) bond motifs is 2. The molecule has 3 aliphatic rings. The van der Waals surface area contributed by atoms with Gasteiger partial charge in [0, 0.05) is 34.0 Å². The van der Waals surface area contributed by atoms with E-state index in [1.807, 2.05) is 38.1 Å². The Bertz CT molecular complexity index is 2360. The quantitative estimate of drug-likeness (QED) is 0.150. The largest absolute Gasteiger partial charge is 0.496 e. The zero-order valence-corrected chi connectivity index (χ0v) is 29.4. The van der Waals surface area contributed by atoms with Crippen molar-refractivity contribution in [2.24, 2.45) is 11.8 Å². The molecule has 0 spiro atoms. The van der Waals surface area contributed by atoms with Crippen LogP contribution in [0.2, 0.25) is 0 Å². The molecule has 10 nitrogen and oxygen atoms in total. The average molecular weight is 714 g/mol. The van der Waals surface area contributed by atoms with Crippen LogP contribution in [0.25, 0.3) is 15.7 Å². The van der Waals surface area contributed by atoms with Crippen LogP contribution in [-0.4, -0.2) is 36.5 Å². The summed E-state index contributed by atoms with van der Waals surface area (Å²) in [6.07, 6.45) is 4.50. The van der Waals surface area contributed by atoms with Crippen LogP contribution in [0.15, 0.2) is 86.3 Å². The van der Waals surface area contributed by atoms with E-state index in [0.717, 1.165) is 39.1 Å². The molecule has 5 aromatic rings. The Hall–Kier alpha value is -4.75. The van der Waals surface area contributed by atoms with Crippen LogP contribution >= 0.6 is 11.3 Å². The third kappa shape index (κ3) is 5.62. The minimum atomic E-state index is -3.73. The van der Waals surface area contributed by atoms with Gasteiger partial charge < -0.3 is 19.8 Å². The summed E-state index contributed by atoms with van der Waals surface area (Å²) in [5.74, 6) is -0.446. The van der Waals surface area contributed by atoms with Crippen LogP contribution in [0, 0.1) is 17.7 Å². The number of benzene rings is 2. The summed E-state index contributed by atoms with van der Waals surface area (Å²) in [5.41, 5.74) is 5.15. The zero-order valence-electron chi connectivity index (χ0n) is 27.7. The molecule has 0 radical (unpaired) electrons. The van der Waals surface area contributed by atoms with E-state index < -0.39 is 21.5 Å². The normalized spacial score (nSPS) is 21.1. The van der Waals surface area contributed by atoms with Gasteiger partial charge in [0.05, 0.1) is 34.4 Å². The van der Waals surface area contributed by atoms with Crippen molar-refractivity contribution >= 4 is 42.7 Å². The number of ether oxygens (including phenoxy) is 1. The molecule has 3 N–H and O–H groups in total. The lowest BCUT2D eigenvalue weighted by Crippen LogP contribution is -2.29. The average Bonchev–Trinajstić information content (AvgIpc) is 3.89. The van der Waals surface area contributed by atoms with E-state index in [4.69, 9.17) is 14.1 Å². The molecule has 0 bridgehead atoms. The molecular weight excluding hydrogens is 678 g/mol. The highest BCUT2D eigenvalue weighted by molar-refractivity contribution is 7.95. The Morgan fingerprint density at radius 3 is 2.70 bits per heavy atom. The highest BCUT2D eigenvalue weighted by Crippen LogP contribution is 2.53. The van der Waals surface area contributed by atoms with Gasteiger partial charge in [0.2, 0.25) is 5.89 Å². The van der Waals surface area contributed by atoms with Gasteiger partial charge in [-0.2, -0.15) is 0 Å². The topological polar surface area (TPSA) is 139 Å². The van der Waals surface area contributed by atoms with Gasteiger partial charge in [-0.25, -0.2) is 27.7 Å². The van der Waals surface area contributed by atoms with Gasteiger partial charge in [0.25, 0.3) is 0 Å². The molecule has 0 saturated carbocycles. The summed E-state index contributed by atoms with van der Waals surface area (Å²) in [6.45, 7) is 4.05. The van der Waals surface area contributed by atoms with Crippen molar-refractivity contribution in [2.45, 2.75) is 51.5 Å². The lowest BCUT2D eigenvalue weighted by Gasteiger charge is -2.31. The van der Waals surface area contributed by atoms with Crippen molar-refractivity contribution in [1.82, 2.24) is 20.5 Å². The summed E-state index contributed by atoms with van der Waals surface area (Å²) < 4.78 is 54.2. The number of dihydropyridines is 1. The SMILES string of the molecule is COc1cccc2c1CC[C@H]2Nc1nccc2cc(C3C(c4n[nH]c(=O)o4)=C(CCc4ccc(F)cc4)NC4=C3S(=O)(=O)CC4C(C)C)sc12. The van der Waals surface area contributed by atoms with E-state index in [-0.39, 0.29) is 40.2 Å². The van der Waals surface area contributed by atoms with Crippen LogP contribution in [0.4, 0.5) is 10.2 Å². The minimum absolute atomic E-state index is 0.0221. The van der Waals surface area contributed by atoms with Crippen LogP contribution < -0.4 is 21.1 Å². The molecular formula is C37H36FN5O5S2. The number of H-pyrrole nitrogens is 1. The fraction of sp³-hybridized carbons (Fsp3) is 0.324. The van der Waals surface area contributed by atoms with Gasteiger partial charge >= 0.3 is 5.76 Å². The summed E-state index contributed by atoms with van der Waals surface area (Å²) in [4.78, 5) is 18.2. The van der Waals surface area contributed by atoms with Crippen molar-refractivity contribution in [3.05, 3.63) is 121 Å². The van der Waals surface area contributed by atoms with Gasteiger partial charge in [-0.15, -0.1) is 16.4 Å². The number of aromatic nitrogens is 3. The highest BCUT2D eigenvalue weighted by atomic mass is 32.2. The maximum absolute atomic E-state index is 14.2. The number of nitrogens with one attached hydrogen (secondary N) is 3. The van der Waals surface area contributed by atoms with E-state index in [9.17, 15) is 17.6 Å². The number of hydrogen-bond acceptors (Lipinski definition) is 10. The molecule has 0 saturated heterocycles. The molecule has 13 heteroatoms. The predicted molar refractivity (Wildman–Crippen MR) is 191 cm³/mol. The maximum Gasteiger partial charge on any atom is 0.434 e. The number of halogens is 1. The number of pyridine rings is 1. The number of aromatic amines is 1. The second-order valence-electron chi connectivity index (χ2n) is 13.4. The first-order valence-electron chi connectivity index (χ1n) is 16.7. The zero-order chi connectivity index (χ0) is 34.7. The number of rotatable bonds is 9. The van der Waals surface area contributed by atoms with Gasteiger partial charge in [-0.05, 0) is 84.0 Å². The molecule has 1 aliphatic carbocycles. The van der Waals surface area contributed by atoms with Crippen molar-refractivity contribution in [3.63, 3.8) is 0 Å². The number of methoxy groups -OCH3 is 1. The van der Waals surface area contributed by atoms with Crippen LogP contribution in [0.1, 0.15) is 66.1 Å². The monoisotopic (exact) mass is 713 g/mol. The number of nitrogens with zero attached hydrogens (tertiary/aromatic N) is 2. The van der Waals surface area contributed by atoms with Crippen molar-refractivity contribution < 1.29 is 22.0 Å². The second kappa shape index (κ2) is 12.5. The summed E-state index contributed by atoms with van der Waals surface area (Å²) in [7, 11) is -2.04. The molecule has 5 heterocycles. The molecule has 2 unspecified atom stereocenters. The van der Waals surface area contributed by atoms with E-state index >= 15 is 0 Å². The fourth-order valence-corrected chi connectivity index (χ4v) is 11.3. The Balaban J connectivity index is 1.27. The molecule has 50 heavy (non-hydrogen) atoms. The van der Waals surface area contributed by atoms with Gasteiger partial charge in [-0.3, -0.25) is 0 Å². The molecule has 3 atom stereocenters. The van der Waals surface area contributed by atoms with E-state index in [2.05, 4.69) is 26.9 Å². The Morgan fingerprint density at radius 1 is 1.14 bits per heavy atom. The summed E-state index contributed by atoms with van der Waals surface area (Å²) in [5, 5.41) is 14.7. The van der Waals surface area contributed by atoms with E-state index in [1.54, 1.807) is 25.4 Å². The number of anilines is 1. The molecule has 0 fully saturated rings. The first-order chi connectivity index (χ1) is 24.1. The fourth-order valence-electron chi connectivity index (χ4n) is 7.65. The number of sulfone groups is 1. The van der Waals surface area contributed by atoms with Crippen LogP contribution in [-0.2, 0) is 22.7 Å². The lowest BCUT2D eigenvalue weighted by atomic mass is 9.84. The molecule has 0 amide bonds. The standard InChI is InChI=1S/C37H36FN5O5S2/c1-19(2)25-18-50(45,46)34-31(30(36-42-43-37(44)48-36)27(40-32(25)34)13-9-20-7-10-22(38)11-8-20)29-17-21-15-16-39-35(33(21)49-29)41-26-14-12-24-23(26)5-4-6-28(24)47-3/h4-8,10-11,15-17,19,25-26,31,40H,9,12-14,18H2,1-3H3,(H,39,41)(H,43,44)/t25?,26-,31?/m1/s1. The Morgan fingerprint density at radius 2 is 1.96 bits per heavy atom. The smallest absolute Gasteiger partial charge is 0.434 e. The summed E-state index contributed by atoms with van der Waals surface area (Å²) >= 11 is 1.48. The molecule has 258 valence electrons. The first-order valence-corrected chi connectivity index (χ1v) is 19.2. The van der Waals surface area contributed by atoms with Gasteiger partial charge in [-0.1, -0.05) is 38.1 Å². The molecule has 2 aliphatic heterocycles. The van der Waals surface area contributed by atoms with E-state index in [0.29, 0.717) is 35.6 Å². The molecule has 2 aromatic carbocycles. The highest BCUT2D eigenvalue weighted by Gasteiger charge is 2.49. The third-order valence-electron chi connectivity index (χ3n) is 10.1.